The molecule has 8 heteroatoms. The van der Waals surface area contributed by atoms with E-state index < -0.39 is 22.0 Å². The van der Waals surface area contributed by atoms with Crippen molar-refractivity contribution in [2.75, 3.05) is 10.9 Å². The van der Waals surface area contributed by atoms with E-state index in [0.717, 1.165) is 0 Å². The number of nitrogens with zero attached hydrogens (tertiary/aromatic N) is 1. The Morgan fingerprint density at radius 3 is 2.59 bits per heavy atom. The van der Waals surface area contributed by atoms with E-state index >= 15 is 0 Å². The normalized spacial score (nSPS) is 16.8. The lowest BCUT2D eigenvalue weighted by Gasteiger charge is -2.25. The molecule has 0 spiro atoms. The fourth-order valence-electron chi connectivity index (χ4n) is 3.00. The molecule has 0 aliphatic carbocycles. The van der Waals surface area contributed by atoms with Crippen LogP contribution in [0.1, 0.15) is 24.9 Å². The summed E-state index contributed by atoms with van der Waals surface area (Å²) in [6.07, 6.45) is -0.211. The Balaban J connectivity index is 1.98. The highest BCUT2D eigenvalue weighted by Gasteiger charge is 2.43. The van der Waals surface area contributed by atoms with Gasteiger partial charge in [-0.1, -0.05) is 24.1 Å². The first-order valence-corrected chi connectivity index (χ1v) is 9.62. The van der Waals surface area contributed by atoms with Gasteiger partial charge < -0.3 is 4.74 Å². The van der Waals surface area contributed by atoms with Gasteiger partial charge in [-0.25, -0.2) is 13.9 Å². The number of rotatable bonds is 5. The number of sulfonamides is 1. The maximum absolute atomic E-state index is 13.0. The third kappa shape index (κ3) is 3.60. The summed E-state index contributed by atoms with van der Waals surface area (Å²) in [5.41, 5.74) is 2.48. The van der Waals surface area contributed by atoms with Crippen molar-refractivity contribution in [2.45, 2.75) is 24.3 Å². The number of anilines is 1. The number of hydrogen-bond donors (Lipinski definition) is 2. The lowest BCUT2D eigenvalue weighted by atomic mass is 10.0. The largest absolute Gasteiger partial charge is 0.481 e. The first kappa shape index (κ1) is 18.8. The van der Waals surface area contributed by atoms with Crippen molar-refractivity contribution in [2.24, 2.45) is 0 Å². The minimum atomic E-state index is -3.83. The predicted octanol–water partition coefficient (Wildman–Crippen LogP) is 2.23. The number of carbonyl (C=O) groups is 1. The van der Waals surface area contributed by atoms with Gasteiger partial charge >= 0.3 is 0 Å². The molecule has 1 heterocycles. The van der Waals surface area contributed by atoms with Crippen LogP contribution in [0.3, 0.4) is 0 Å². The highest BCUT2D eigenvalue weighted by Crippen LogP contribution is 2.44. The van der Waals surface area contributed by atoms with Crippen molar-refractivity contribution in [3.63, 3.8) is 0 Å². The third-order valence-corrected chi connectivity index (χ3v) is 6.09. The van der Waals surface area contributed by atoms with Crippen LogP contribution in [0.25, 0.3) is 0 Å². The van der Waals surface area contributed by atoms with E-state index in [1.807, 2.05) is 0 Å². The summed E-state index contributed by atoms with van der Waals surface area (Å²) in [5, 5.41) is 8.87. The van der Waals surface area contributed by atoms with E-state index in [0.29, 0.717) is 17.0 Å². The molecule has 27 heavy (non-hydrogen) atoms. The van der Waals surface area contributed by atoms with Crippen LogP contribution in [0, 0.1) is 11.8 Å². The summed E-state index contributed by atoms with van der Waals surface area (Å²) >= 11 is 0. The van der Waals surface area contributed by atoms with Crippen molar-refractivity contribution < 1.29 is 23.2 Å². The lowest BCUT2D eigenvalue weighted by molar-refractivity contribution is -0.129. The topological polar surface area (TPSA) is 95.9 Å². The average Bonchev–Trinajstić information content (AvgIpc) is 2.90. The van der Waals surface area contributed by atoms with Gasteiger partial charge in [-0.3, -0.25) is 14.3 Å². The second kappa shape index (κ2) is 7.70. The minimum absolute atomic E-state index is 0.152. The fraction of sp³-hybridized carbons (Fsp3) is 0.211. The van der Waals surface area contributed by atoms with E-state index in [1.165, 1.54) is 10.4 Å². The Labute approximate surface area is 157 Å². The summed E-state index contributed by atoms with van der Waals surface area (Å²) in [6, 6.07) is 12.3. The summed E-state index contributed by atoms with van der Waals surface area (Å²) in [5.74, 6) is 5.39. The smallest absolute Gasteiger partial charge is 0.265 e. The number of fused-ring (bicyclic) bond motifs is 1. The van der Waals surface area contributed by atoms with E-state index in [9.17, 15) is 13.2 Å². The predicted molar refractivity (Wildman–Crippen MR) is 98.8 cm³/mol. The Morgan fingerprint density at radius 2 is 1.93 bits per heavy atom. The average molecular weight is 386 g/mol. The highest BCUT2D eigenvalue weighted by molar-refractivity contribution is 7.93. The molecule has 140 valence electrons. The zero-order valence-corrected chi connectivity index (χ0v) is 15.4. The maximum Gasteiger partial charge on any atom is 0.265 e. The number of nitrogens with one attached hydrogen (secondary N) is 1. The van der Waals surface area contributed by atoms with Crippen LogP contribution in [0.5, 0.6) is 5.75 Å². The van der Waals surface area contributed by atoms with Crippen molar-refractivity contribution in [1.82, 2.24) is 5.48 Å². The summed E-state index contributed by atoms with van der Waals surface area (Å²) in [4.78, 5) is 11.9. The molecule has 0 bridgehead atoms. The number of amides is 1. The standard InChI is InChI=1S/C19H18N2O5S/c1-2-3-12-26-15-10-8-14(9-11-15)21-17(13-19(22)20-23)16-6-4-5-7-18(16)27(21,24)25/h4-11,17,23H,12-13H2,1H3,(H,20,22). The molecule has 1 amide bonds. The Bertz CT molecular complexity index is 1010. The highest BCUT2D eigenvalue weighted by atomic mass is 32.2. The molecular formula is C19H18N2O5S. The van der Waals surface area contributed by atoms with Gasteiger partial charge in [-0.05, 0) is 42.8 Å². The van der Waals surface area contributed by atoms with Crippen LogP contribution in [0.15, 0.2) is 53.4 Å². The minimum Gasteiger partial charge on any atom is -0.481 e. The van der Waals surface area contributed by atoms with Gasteiger partial charge in [0.2, 0.25) is 5.91 Å². The Kier molecular flexibility index (Phi) is 5.35. The Hall–Kier alpha value is -3.02. The summed E-state index contributed by atoms with van der Waals surface area (Å²) in [6.45, 7) is 1.95. The molecule has 1 aliphatic heterocycles. The maximum atomic E-state index is 13.0. The molecule has 2 aromatic carbocycles. The van der Waals surface area contributed by atoms with Gasteiger partial charge in [-0.15, -0.1) is 5.92 Å². The van der Waals surface area contributed by atoms with E-state index in [1.54, 1.807) is 54.9 Å². The van der Waals surface area contributed by atoms with Gasteiger partial charge in [0.25, 0.3) is 10.0 Å². The molecule has 0 saturated carbocycles. The molecule has 1 unspecified atom stereocenters. The van der Waals surface area contributed by atoms with Crippen LogP contribution in [0.4, 0.5) is 5.69 Å². The molecule has 0 aromatic heterocycles. The zero-order valence-electron chi connectivity index (χ0n) is 14.5. The number of benzene rings is 2. The molecule has 1 aliphatic rings. The molecule has 1 atom stereocenters. The van der Waals surface area contributed by atoms with Crippen LogP contribution >= 0.6 is 0 Å². The van der Waals surface area contributed by atoms with Crippen molar-refractivity contribution in [1.29, 1.82) is 0 Å². The van der Waals surface area contributed by atoms with E-state index in [4.69, 9.17) is 9.94 Å². The van der Waals surface area contributed by atoms with Gasteiger partial charge in [0, 0.05) is 0 Å². The van der Waals surface area contributed by atoms with Crippen molar-refractivity contribution >= 4 is 21.6 Å². The van der Waals surface area contributed by atoms with Gasteiger partial charge in [-0.2, -0.15) is 0 Å². The van der Waals surface area contributed by atoms with Crippen LogP contribution in [-0.2, 0) is 14.8 Å². The first-order chi connectivity index (χ1) is 13.0. The third-order valence-electron chi connectivity index (χ3n) is 4.18. The second-order valence-electron chi connectivity index (χ2n) is 5.80. The molecule has 0 radical (unpaired) electrons. The van der Waals surface area contributed by atoms with Crippen LogP contribution in [-0.4, -0.2) is 26.1 Å². The van der Waals surface area contributed by atoms with Crippen molar-refractivity contribution in [3.8, 4) is 17.6 Å². The number of ether oxygens (including phenoxy) is 1. The summed E-state index contributed by atoms with van der Waals surface area (Å²) < 4.78 is 32.7. The monoisotopic (exact) mass is 386 g/mol. The molecule has 2 N–H and O–H groups in total. The fourth-order valence-corrected chi connectivity index (χ4v) is 4.89. The summed E-state index contributed by atoms with van der Waals surface area (Å²) in [7, 11) is -3.83. The molecule has 7 nitrogen and oxygen atoms in total. The number of hydroxylamine groups is 1. The van der Waals surface area contributed by atoms with Gasteiger partial charge in [0.05, 0.1) is 23.0 Å². The second-order valence-corrected chi connectivity index (χ2v) is 7.59. The van der Waals surface area contributed by atoms with E-state index in [2.05, 4.69) is 11.8 Å². The van der Waals surface area contributed by atoms with Crippen molar-refractivity contribution in [3.05, 3.63) is 54.1 Å². The SMILES string of the molecule is CC#CCOc1ccc(N2C(CC(=O)NO)c3ccccc3S2(=O)=O)cc1. The quantitative estimate of drug-likeness (QED) is 0.467. The number of carbonyl (C=O) groups excluding carboxylic acids is 1. The molecule has 0 fully saturated rings. The zero-order chi connectivity index (χ0) is 19.4. The van der Waals surface area contributed by atoms with E-state index in [-0.39, 0.29) is 17.9 Å². The van der Waals surface area contributed by atoms with Crippen LogP contribution < -0.4 is 14.5 Å². The first-order valence-electron chi connectivity index (χ1n) is 8.18. The molecule has 3 rings (SSSR count). The lowest BCUT2D eigenvalue weighted by Crippen LogP contribution is -2.32. The van der Waals surface area contributed by atoms with Gasteiger partial charge in [0.1, 0.15) is 12.4 Å². The molecule has 0 saturated heterocycles. The Morgan fingerprint density at radius 1 is 1.22 bits per heavy atom. The van der Waals surface area contributed by atoms with Crippen LogP contribution in [0.2, 0.25) is 0 Å². The number of hydrogen-bond acceptors (Lipinski definition) is 5. The molecule has 2 aromatic rings. The molecular weight excluding hydrogens is 368 g/mol. The van der Waals surface area contributed by atoms with Gasteiger partial charge in [0.15, 0.2) is 0 Å².